The van der Waals surface area contributed by atoms with Crippen molar-refractivity contribution >= 4 is 10.0 Å². The highest BCUT2D eigenvalue weighted by Gasteiger charge is 2.27. The van der Waals surface area contributed by atoms with Crippen molar-refractivity contribution < 1.29 is 8.42 Å². The molecule has 0 aliphatic carbocycles. The highest BCUT2D eigenvalue weighted by atomic mass is 32.2. The summed E-state index contributed by atoms with van der Waals surface area (Å²) in [7, 11) is -1.80. The van der Waals surface area contributed by atoms with Crippen molar-refractivity contribution in [3.05, 3.63) is 18.0 Å². The third kappa shape index (κ3) is 4.31. The number of hydrogen-bond donors (Lipinski definition) is 1. The lowest BCUT2D eigenvalue weighted by Crippen LogP contribution is -2.35. The van der Waals surface area contributed by atoms with Gasteiger partial charge in [-0.1, -0.05) is 20.8 Å². The van der Waals surface area contributed by atoms with Gasteiger partial charge >= 0.3 is 0 Å². The fraction of sp³-hybridized carbons (Fsp3) is 0.733. The van der Waals surface area contributed by atoms with Crippen LogP contribution in [0.1, 0.15) is 46.2 Å². The summed E-state index contributed by atoms with van der Waals surface area (Å²) < 4.78 is 28.8. The van der Waals surface area contributed by atoms with Crippen LogP contribution in [0, 0.1) is 5.92 Å². The van der Waals surface area contributed by atoms with Gasteiger partial charge < -0.3 is 10.3 Å². The van der Waals surface area contributed by atoms with Crippen LogP contribution in [0.2, 0.25) is 0 Å². The van der Waals surface area contributed by atoms with Gasteiger partial charge in [0.25, 0.3) is 0 Å². The van der Waals surface area contributed by atoms with Crippen LogP contribution in [-0.4, -0.2) is 30.4 Å². The second kappa shape index (κ2) is 7.42. The van der Waals surface area contributed by atoms with E-state index < -0.39 is 10.0 Å². The summed E-state index contributed by atoms with van der Waals surface area (Å²) in [5.41, 5.74) is 6.57. The summed E-state index contributed by atoms with van der Waals surface area (Å²) in [6.45, 7) is 9.34. The average Bonchev–Trinajstić information content (AvgIpc) is 2.81. The van der Waals surface area contributed by atoms with Crippen LogP contribution >= 0.6 is 0 Å². The van der Waals surface area contributed by atoms with Gasteiger partial charge in [-0.15, -0.1) is 0 Å². The largest absolute Gasteiger partial charge is 0.349 e. The molecule has 1 rings (SSSR count). The quantitative estimate of drug-likeness (QED) is 0.801. The molecule has 6 heteroatoms. The van der Waals surface area contributed by atoms with E-state index in [-0.39, 0.29) is 6.04 Å². The molecule has 2 N–H and O–H groups in total. The Kier molecular flexibility index (Phi) is 6.43. The predicted octanol–water partition coefficient (Wildman–Crippen LogP) is 2.41. The zero-order valence-electron chi connectivity index (χ0n) is 13.8. The molecule has 1 unspecified atom stereocenters. The number of nitrogens with two attached hydrogens (primary N) is 1. The Morgan fingerprint density at radius 2 is 1.95 bits per heavy atom. The molecule has 1 aromatic rings. The lowest BCUT2D eigenvalue weighted by atomic mass is 10.1. The lowest BCUT2D eigenvalue weighted by molar-refractivity contribution is 0.338. The first-order valence-corrected chi connectivity index (χ1v) is 9.05. The maximum Gasteiger partial charge on any atom is 0.244 e. The predicted molar refractivity (Wildman–Crippen MR) is 86.5 cm³/mol. The van der Waals surface area contributed by atoms with E-state index in [1.807, 2.05) is 11.5 Å². The van der Waals surface area contributed by atoms with E-state index in [1.54, 1.807) is 19.3 Å². The minimum Gasteiger partial charge on any atom is -0.349 e. The molecular formula is C15H29N3O2S. The Morgan fingerprint density at radius 1 is 1.33 bits per heavy atom. The Bertz CT molecular complexity index is 549. The van der Waals surface area contributed by atoms with Crippen molar-refractivity contribution in [1.29, 1.82) is 0 Å². The number of rotatable bonds is 8. The summed E-state index contributed by atoms with van der Waals surface area (Å²) >= 11 is 0. The van der Waals surface area contributed by atoms with Gasteiger partial charge in [-0.3, -0.25) is 0 Å². The summed E-state index contributed by atoms with van der Waals surface area (Å²) in [5, 5.41) is 0. The van der Waals surface area contributed by atoms with E-state index in [0.29, 0.717) is 17.4 Å². The van der Waals surface area contributed by atoms with E-state index in [1.165, 1.54) is 4.31 Å². The fourth-order valence-corrected chi connectivity index (χ4v) is 3.96. The second-order valence-corrected chi connectivity index (χ2v) is 8.06. The van der Waals surface area contributed by atoms with Gasteiger partial charge in [-0.05, 0) is 31.7 Å². The molecule has 0 aromatic carbocycles. The van der Waals surface area contributed by atoms with Gasteiger partial charge in [0, 0.05) is 38.1 Å². The molecule has 0 fully saturated rings. The molecular weight excluding hydrogens is 286 g/mol. The minimum absolute atomic E-state index is 0.0224. The van der Waals surface area contributed by atoms with Crippen molar-refractivity contribution in [2.45, 2.75) is 64.6 Å². The van der Waals surface area contributed by atoms with Crippen molar-refractivity contribution in [3.8, 4) is 0 Å². The summed E-state index contributed by atoms with van der Waals surface area (Å²) in [6.07, 6.45) is 3.50. The van der Waals surface area contributed by atoms with Crippen LogP contribution in [-0.2, 0) is 23.1 Å². The lowest BCUT2D eigenvalue weighted by Gasteiger charge is -2.25. The van der Waals surface area contributed by atoms with Gasteiger partial charge in [-0.2, -0.15) is 4.31 Å². The molecule has 1 atom stereocenters. The van der Waals surface area contributed by atoms with Crippen molar-refractivity contribution in [1.82, 2.24) is 8.87 Å². The highest BCUT2D eigenvalue weighted by Crippen LogP contribution is 2.22. The molecule has 1 heterocycles. The summed E-state index contributed by atoms with van der Waals surface area (Å²) in [4.78, 5) is 0.342. The zero-order chi connectivity index (χ0) is 16.2. The molecule has 0 aliphatic rings. The fourth-order valence-electron chi connectivity index (χ4n) is 2.52. The van der Waals surface area contributed by atoms with E-state index in [9.17, 15) is 8.42 Å². The first-order valence-electron chi connectivity index (χ1n) is 7.61. The molecule has 0 amide bonds. The van der Waals surface area contributed by atoms with Gasteiger partial charge in [-0.25, -0.2) is 8.42 Å². The smallest absolute Gasteiger partial charge is 0.244 e. The van der Waals surface area contributed by atoms with E-state index in [4.69, 9.17) is 5.73 Å². The number of sulfonamides is 1. The third-order valence-corrected chi connectivity index (χ3v) is 5.68. The maximum atomic E-state index is 12.7. The Labute approximate surface area is 129 Å². The maximum absolute atomic E-state index is 12.7. The first-order chi connectivity index (χ1) is 9.73. The monoisotopic (exact) mass is 315 g/mol. The topological polar surface area (TPSA) is 68.3 Å². The number of aryl methyl sites for hydroxylation is 1. The van der Waals surface area contributed by atoms with E-state index in [0.717, 1.165) is 25.1 Å². The van der Waals surface area contributed by atoms with Crippen molar-refractivity contribution in [2.24, 2.45) is 11.7 Å². The van der Waals surface area contributed by atoms with Crippen LogP contribution in [0.15, 0.2) is 17.2 Å². The summed E-state index contributed by atoms with van der Waals surface area (Å²) in [5.74, 6) is 0.460. The van der Waals surface area contributed by atoms with Gasteiger partial charge in [0.15, 0.2) is 0 Å². The molecule has 122 valence electrons. The van der Waals surface area contributed by atoms with Crippen molar-refractivity contribution in [2.75, 3.05) is 7.05 Å². The molecule has 0 aliphatic heterocycles. The van der Waals surface area contributed by atoms with Crippen LogP contribution in [0.25, 0.3) is 0 Å². The second-order valence-electron chi connectivity index (χ2n) is 6.06. The Morgan fingerprint density at radius 3 is 2.43 bits per heavy atom. The molecule has 0 radical (unpaired) electrons. The normalized spacial score (nSPS) is 14.1. The molecule has 1 aromatic heterocycles. The highest BCUT2D eigenvalue weighted by molar-refractivity contribution is 7.89. The minimum atomic E-state index is -3.46. The standard InChI is InChI=1S/C15H29N3O2S/c1-6-7-18-11-15(9-14(18)10-16)21(19,20)17(5)13(4)8-12(2)3/h9,11-13H,6-8,10,16H2,1-5H3. The van der Waals surface area contributed by atoms with Gasteiger partial charge in [0.1, 0.15) is 4.90 Å². The molecule has 0 saturated heterocycles. The molecule has 21 heavy (non-hydrogen) atoms. The Hall–Kier alpha value is -0.850. The van der Waals surface area contributed by atoms with Gasteiger partial charge in [0.05, 0.1) is 0 Å². The first kappa shape index (κ1) is 18.2. The number of hydrogen-bond acceptors (Lipinski definition) is 3. The van der Waals surface area contributed by atoms with Gasteiger partial charge in [0.2, 0.25) is 10.0 Å². The van der Waals surface area contributed by atoms with Crippen LogP contribution < -0.4 is 5.73 Å². The number of nitrogens with zero attached hydrogens (tertiary/aromatic N) is 2. The molecule has 0 spiro atoms. The van der Waals surface area contributed by atoms with Crippen LogP contribution in [0.4, 0.5) is 0 Å². The van der Waals surface area contributed by atoms with E-state index >= 15 is 0 Å². The van der Waals surface area contributed by atoms with Crippen molar-refractivity contribution in [3.63, 3.8) is 0 Å². The van der Waals surface area contributed by atoms with Crippen LogP contribution in [0.3, 0.4) is 0 Å². The Balaban J connectivity index is 3.07. The molecule has 0 bridgehead atoms. The summed E-state index contributed by atoms with van der Waals surface area (Å²) in [6, 6.07) is 1.68. The zero-order valence-corrected chi connectivity index (χ0v) is 14.7. The van der Waals surface area contributed by atoms with Crippen LogP contribution in [0.5, 0.6) is 0 Å². The number of aromatic nitrogens is 1. The average molecular weight is 315 g/mol. The third-order valence-electron chi connectivity index (χ3n) is 3.74. The SMILES string of the molecule is CCCn1cc(S(=O)(=O)N(C)C(C)CC(C)C)cc1CN. The van der Waals surface area contributed by atoms with E-state index in [2.05, 4.69) is 20.8 Å². The molecule has 0 saturated carbocycles. The molecule has 5 nitrogen and oxygen atoms in total.